The Labute approximate surface area is 166 Å². The first-order valence-corrected chi connectivity index (χ1v) is 8.41. The Morgan fingerprint density at radius 1 is 1.15 bits per heavy atom. The molecule has 0 aliphatic heterocycles. The molecule has 1 fully saturated rings. The van der Waals surface area contributed by atoms with Gasteiger partial charge in [0.05, 0.1) is 12.8 Å². The Hall–Kier alpha value is -1.76. The van der Waals surface area contributed by atoms with Crippen LogP contribution in [0.5, 0.6) is 5.75 Å². The van der Waals surface area contributed by atoms with Crippen molar-refractivity contribution >= 4 is 36.6 Å². The van der Waals surface area contributed by atoms with Crippen molar-refractivity contribution in [2.45, 2.75) is 37.6 Å². The number of anilines is 2. The van der Waals surface area contributed by atoms with Crippen LogP contribution in [0.1, 0.15) is 36.4 Å². The lowest BCUT2D eigenvalue weighted by Gasteiger charge is -2.32. The smallest absolute Gasteiger partial charge is 0.222 e. The minimum atomic E-state index is 0. The van der Waals surface area contributed by atoms with Crippen LogP contribution in [0.15, 0.2) is 30.3 Å². The molecule has 0 unspecified atom stereocenters. The minimum Gasteiger partial charge on any atom is -0.497 e. The van der Waals surface area contributed by atoms with Crippen LogP contribution in [-0.2, 0) is 6.42 Å². The van der Waals surface area contributed by atoms with E-state index in [-0.39, 0.29) is 24.8 Å². The fourth-order valence-corrected chi connectivity index (χ4v) is 2.99. The van der Waals surface area contributed by atoms with Gasteiger partial charge in [-0.05, 0) is 43.4 Å². The summed E-state index contributed by atoms with van der Waals surface area (Å²) in [4.78, 5) is 8.61. The third-order valence-corrected chi connectivity index (χ3v) is 4.46. The maximum atomic E-state index is 5.86. The molecule has 1 aromatic carbocycles. The average Bonchev–Trinajstić information content (AvgIpc) is 2.56. The standard InChI is InChI=1S/C18H25N5O.2ClH/c1-24-15-6-4-12(5-7-15)3-2-8-21-17-11-16(22-18(20)23-17)13-9-14(19)10-13;;/h4-7,11,13-14H,2-3,8-10,19H2,1H3,(H3,20,21,22,23);2*1H. The van der Waals surface area contributed by atoms with Crippen molar-refractivity contribution < 1.29 is 4.74 Å². The van der Waals surface area contributed by atoms with Crippen molar-refractivity contribution in [3.63, 3.8) is 0 Å². The summed E-state index contributed by atoms with van der Waals surface area (Å²) in [5.41, 5.74) is 14.0. The van der Waals surface area contributed by atoms with E-state index >= 15 is 0 Å². The number of aryl methyl sites for hydroxylation is 1. The number of hydrogen-bond donors (Lipinski definition) is 3. The summed E-state index contributed by atoms with van der Waals surface area (Å²) < 4.78 is 5.17. The van der Waals surface area contributed by atoms with Crippen LogP contribution in [0.2, 0.25) is 0 Å². The van der Waals surface area contributed by atoms with E-state index in [1.54, 1.807) is 7.11 Å². The summed E-state index contributed by atoms with van der Waals surface area (Å²) in [6.45, 7) is 0.839. The van der Waals surface area contributed by atoms with Gasteiger partial charge in [-0.15, -0.1) is 24.8 Å². The van der Waals surface area contributed by atoms with Gasteiger partial charge in [0.15, 0.2) is 0 Å². The van der Waals surface area contributed by atoms with Crippen LogP contribution in [0, 0.1) is 0 Å². The number of ether oxygens (including phenoxy) is 1. The number of nitrogens with one attached hydrogen (secondary N) is 1. The van der Waals surface area contributed by atoms with Gasteiger partial charge >= 0.3 is 0 Å². The van der Waals surface area contributed by atoms with E-state index in [2.05, 4.69) is 27.4 Å². The number of benzene rings is 1. The van der Waals surface area contributed by atoms with Crippen LogP contribution in [0.25, 0.3) is 0 Å². The van der Waals surface area contributed by atoms with Gasteiger partial charge in [-0.3, -0.25) is 0 Å². The van der Waals surface area contributed by atoms with Crippen molar-refractivity contribution in [3.05, 3.63) is 41.6 Å². The number of halogens is 2. The Balaban J connectivity index is 0.00000169. The van der Waals surface area contributed by atoms with E-state index in [1.807, 2.05) is 18.2 Å². The van der Waals surface area contributed by atoms with Crippen molar-refractivity contribution in [1.29, 1.82) is 0 Å². The molecule has 144 valence electrons. The molecule has 0 spiro atoms. The summed E-state index contributed by atoms with van der Waals surface area (Å²) in [5, 5.41) is 3.35. The van der Waals surface area contributed by atoms with E-state index in [9.17, 15) is 0 Å². The molecule has 26 heavy (non-hydrogen) atoms. The average molecular weight is 400 g/mol. The zero-order chi connectivity index (χ0) is 16.9. The zero-order valence-electron chi connectivity index (χ0n) is 14.9. The SMILES string of the molecule is COc1ccc(CCCNc2cc(C3CC(N)C3)nc(N)n2)cc1.Cl.Cl. The van der Waals surface area contributed by atoms with Gasteiger partial charge in [-0.2, -0.15) is 4.98 Å². The van der Waals surface area contributed by atoms with Gasteiger partial charge in [0.1, 0.15) is 11.6 Å². The van der Waals surface area contributed by atoms with Crippen molar-refractivity contribution in [1.82, 2.24) is 9.97 Å². The second-order valence-corrected chi connectivity index (χ2v) is 6.34. The van der Waals surface area contributed by atoms with Gasteiger partial charge < -0.3 is 21.5 Å². The summed E-state index contributed by atoms with van der Waals surface area (Å²) in [6.07, 6.45) is 3.97. The molecule has 0 radical (unpaired) electrons. The van der Waals surface area contributed by atoms with Crippen LogP contribution in [0.4, 0.5) is 11.8 Å². The molecule has 1 aliphatic carbocycles. The first-order valence-electron chi connectivity index (χ1n) is 8.41. The zero-order valence-corrected chi connectivity index (χ0v) is 16.5. The highest BCUT2D eigenvalue weighted by Crippen LogP contribution is 2.35. The van der Waals surface area contributed by atoms with Crippen LogP contribution in [0.3, 0.4) is 0 Å². The first kappa shape index (κ1) is 22.3. The van der Waals surface area contributed by atoms with Crippen molar-refractivity contribution in [3.8, 4) is 5.75 Å². The second kappa shape index (κ2) is 10.4. The molecule has 0 saturated heterocycles. The van der Waals surface area contributed by atoms with E-state index in [0.717, 1.165) is 49.5 Å². The van der Waals surface area contributed by atoms with E-state index in [0.29, 0.717) is 17.9 Å². The van der Waals surface area contributed by atoms with Gasteiger partial charge in [-0.25, -0.2) is 4.98 Å². The fraction of sp³-hybridized carbons (Fsp3) is 0.444. The van der Waals surface area contributed by atoms with Crippen molar-refractivity contribution in [2.24, 2.45) is 5.73 Å². The largest absolute Gasteiger partial charge is 0.497 e. The molecule has 3 rings (SSSR count). The van der Waals surface area contributed by atoms with Gasteiger partial charge in [-0.1, -0.05) is 12.1 Å². The van der Waals surface area contributed by atoms with Gasteiger partial charge in [0.25, 0.3) is 0 Å². The number of nitrogens with zero attached hydrogens (tertiary/aromatic N) is 2. The normalized spacial score (nSPS) is 18.1. The van der Waals surface area contributed by atoms with Gasteiger partial charge in [0, 0.05) is 24.6 Å². The lowest BCUT2D eigenvalue weighted by atomic mass is 9.78. The molecule has 8 heteroatoms. The third-order valence-electron chi connectivity index (χ3n) is 4.46. The molecular formula is C18H27Cl2N5O. The van der Waals surface area contributed by atoms with Crippen LogP contribution >= 0.6 is 24.8 Å². The van der Waals surface area contributed by atoms with E-state index < -0.39 is 0 Å². The number of nitrogens with two attached hydrogens (primary N) is 2. The van der Waals surface area contributed by atoms with Crippen molar-refractivity contribution in [2.75, 3.05) is 24.7 Å². The number of nitrogen functional groups attached to an aromatic ring is 1. The van der Waals surface area contributed by atoms with E-state index in [4.69, 9.17) is 16.2 Å². The summed E-state index contributed by atoms with van der Waals surface area (Å²) in [6, 6.07) is 10.5. The van der Waals surface area contributed by atoms with Crippen LogP contribution < -0.4 is 21.5 Å². The highest BCUT2D eigenvalue weighted by Gasteiger charge is 2.29. The summed E-state index contributed by atoms with van der Waals surface area (Å²) >= 11 is 0. The highest BCUT2D eigenvalue weighted by molar-refractivity contribution is 5.85. The maximum absolute atomic E-state index is 5.86. The minimum absolute atomic E-state index is 0. The van der Waals surface area contributed by atoms with E-state index in [1.165, 1.54) is 5.56 Å². The third kappa shape index (κ3) is 5.90. The monoisotopic (exact) mass is 399 g/mol. The summed E-state index contributed by atoms with van der Waals surface area (Å²) in [5.74, 6) is 2.43. The molecule has 1 aliphatic rings. The predicted octanol–water partition coefficient (Wildman–Crippen LogP) is 3.16. The fourth-order valence-electron chi connectivity index (χ4n) is 2.99. The molecule has 1 aromatic heterocycles. The second-order valence-electron chi connectivity index (χ2n) is 6.34. The lowest BCUT2D eigenvalue weighted by Crippen LogP contribution is -2.35. The molecule has 5 N–H and O–H groups in total. The Morgan fingerprint density at radius 2 is 1.85 bits per heavy atom. The number of methoxy groups -OCH3 is 1. The predicted molar refractivity (Wildman–Crippen MR) is 111 cm³/mol. The topological polar surface area (TPSA) is 99.1 Å². The Kier molecular flexibility index (Phi) is 8.92. The summed E-state index contributed by atoms with van der Waals surface area (Å²) in [7, 11) is 1.68. The molecule has 2 aromatic rings. The first-order chi connectivity index (χ1) is 11.6. The molecule has 1 saturated carbocycles. The number of rotatable bonds is 7. The molecular weight excluding hydrogens is 373 g/mol. The molecule has 0 bridgehead atoms. The quantitative estimate of drug-likeness (QED) is 0.618. The Morgan fingerprint density at radius 3 is 2.46 bits per heavy atom. The molecule has 6 nitrogen and oxygen atoms in total. The molecule has 0 amide bonds. The highest BCUT2D eigenvalue weighted by atomic mass is 35.5. The Bertz CT molecular complexity index is 678. The lowest BCUT2D eigenvalue weighted by molar-refractivity contribution is 0.345. The molecule has 1 heterocycles. The number of aromatic nitrogens is 2. The molecule has 0 atom stereocenters. The maximum Gasteiger partial charge on any atom is 0.222 e. The van der Waals surface area contributed by atoms with Gasteiger partial charge in [0.2, 0.25) is 5.95 Å². The number of hydrogen-bond acceptors (Lipinski definition) is 6. The van der Waals surface area contributed by atoms with Crippen LogP contribution in [-0.4, -0.2) is 29.7 Å².